The molecule has 0 radical (unpaired) electrons. The lowest BCUT2D eigenvalue weighted by Gasteiger charge is -2.15. The molecule has 0 aliphatic rings. The van der Waals surface area contributed by atoms with E-state index in [1.165, 1.54) is 23.9 Å². The van der Waals surface area contributed by atoms with Gasteiger partial charge in [-0.05, 0) is 55.7 Å². The van der Waals surface area contributed by atoms with Crippen LogP contribution in [0.4, 0.5) is 4.39 Å². The zero-order valence-electron chi connectivity index (χ0n) is 19.4. The molecule has 2 aromatic carbocycles. The summed E-state index contributed by atoms with van der Waals surface area (Å²) in [6.45, 7) is 3.93. The van der Waals surface area contributed by atoms with E-state index in [-0.39, 0.29) is 18.3 Å². The van der Waals surface area contributed by atoms with Crippen molar-refractivity contribution in [3.05, 3.63) is 88.5 Å². The fraction of sp³-hybridized carbons (Fsp3) is 0.240. The maximum absolute atomic E-state index is 13.2. The number of primary amides is 1. The molecule has 2 heterocycles. The van der Waals surface area contributed by atoms with Crippen LogP contribution in [-0.4, -0.2) is 37.9 Å². The maximum atomic E-state index is 13.2. The van der Waals surface area contributed by atoms with E-state index in [1.54, 1.807) is 28.8 Å². The number of nitrogens with zero attached hydrogens (tertiary/aromatic N) is 4. The van der Waals surface area contributed by atoms with Gasteiger partial charge in [0.1, 0.15) is 5.82 Å². The number of aryl methyl sites for hydroxylation is 2. The second-order valence-electron chi connectivity index (χ2n) is 8.23. The summed E-state index contributed by atoms with van der Waals surface area (Å²) in [5.74, 6) is -0.791. The van der Waals surface area contributed by atoms with Crippen molar-refractivity contribution >= 4 is 29.4 Å². The van der Waals surface area contributed by atoms with E-state index in [0.29, 0.717) is 28.7 Å². The first kappa shape index (κ1) is 24.3. The molecule has 4 aromatic rings. The Morgan fingerprint density at radius 1 is 1.11 bits per heavy atom. The van der Waals surface area contributed by atoms with Gasteiger partial charge in [0.05, 0.1) is 5.92 Å². The van der Waals surface area contributed by atoms with E-state index in [2.05, 4.69) is 20.4 Å². The van der Waals surface area contributed by atoms with Crippen molar-refractivity contribution in [2.24, 2.45) is 11.7 Å². The van der Waals surface area contributed by atoms with E-state index in [1.807, 2.05) is 32.0 Å². The van der Waals surface area contributed by atoms with Gasteiger partial charge in [-0.3, -0.25) is 9.59 Å². The highest BCUT2D eigenvalue weighted by molar-refractivity contribution is 7.98. The van der Waals surface area contributed by atoms with Gasteiger partial charge in [-0.1, -0.05) is 42.1 Å². The van der Waals surface area contributed by atoms with Gasteiger partial charge in [0.15, 0.2) is 0 Å². The number of thioether (sulfide) groups is 1. The summed E-state index contributed by atoms with van der Waals surface area (Å²) in [4.78, 5) is 33.8. The molecule has 10 heteroatoms. The Morgan fingerprint density at radius 2 is 1.86 bits per heavy atom. The van der Waals surface area contributed by atoms with Gasteiger partial charge in [-0.2, -0.15) is 4.98 Å². The summed E-state index contributed by atoms with van der Waals surface area (Å²) in [7, 11) is 0. The van der Waals surface area contributed by atoms with Crippen LogP contribution in [0.25, 0.3) is 5.78 Å². The number of hydrogen-bond acceptors (Lipinski definition) is 6. The number of halogens is 1. The molecule has 8 nitrogen and oxygen atoms in total. The highest BCUT2D eigenvalue weighted by Gasteiger charge is 2.19. The maximum Gasteiger partial charge on any atom is 0.253 e. The standard InChI is InChI=1S/C25H25FN6O2S/c1-15-11-16(2)32-24(29-15)30-25(31-32)35-14-18-5-3-4-6-21(18)23(34)28-13-19(22(27)33)12-17-7-9-20(26)10-8-17/h3-11,19H,12-14H2,1-2H3,(H2,27,33)(H,28,34). The lowest BCUT2D eigenvalue weighted by Crippen LogP contribution is -2.37. The minimum absolute atomic E-state index is 0.0747. The van der Waals surface area contributed by atoms with Crippen molar-refractivity contribution in [3.63, 3.8) is 0 Å². The third-order valence-electron chi connectivity index (χ3n) is 5.52. The van der Waals surface area contributed by atoms with Crippen molar-refractivity contribution in [1.82, 2.24) is 24.9 Å². The molecule has 2 amide bonds. The van der Waals surface area contributed by atoms with Crippen LogP contribution in [0.15, 0.2) is 59.8 Å². The van der Waals surface area contributed by atoms with Gasteiger partial charge in [-0.25, -0.2) is 13.9 Å². The van der Waals surface area contributed by atoms with E-state index < -0.39 is 11.8 Å². The monoisotopic (exact) mass is 492 g/mol. The van der Waals surface area contributed by atoms with Crippen LogP contribution in [0.2, 0.25) is 0 Å². The van der Waals surface area contributed by atoms with Gasteiger partial charge < -0.3 is 11.1 Å². The van der Waals surface area contributed by atoms with E-state index in [4.69, 9.17) is 5.73 Å². The normalized spacial score (nSPS) is 12.0. The highest BCUT2D eigenvalue weighted by Crippen LogP contribution is 2.23. The Hall–Kier alpha value is -3.79. The number of hydrogen-bond donors (Lipinski definition) is 2. The molecule has 0 fully saturated rings. The van der Waals surface area contributed by atoms with Gasteiger partial charge in [-0.15, -0.1) is 5.10 Å². The summed E-state index contributed by atoms with van der Waals surface area (Å²) in [5, 5.41) is 7.88. The number of carbonyl (C=O) groups is 2. The third kappa shape index (κ3) is 6.02. The fourth-order valence-corrected chi connectivity index (χ4v) is 4.53. The first-order chi connectivity index (χ1) is 16.8. The van der Waals surface area contributed by atoms with Gasteiger partial charge >= 0.3 is 0 Å². The molecule has 2 aromatic heterocycles. The van der Waals surface area contributed by atoms with Crippen LogP contribution in [0.3, 0.4) is 0 Å². The topological polar surface area (TPSA) is 115 Å². The van der Waals surface area contributed by atoms with Crippen LogP contribution >= 0.6 is 11.8 Å². The number of benzene rings is 2. The summed E-state index contributed by atoms with van der Waals surface area (Å²) in [6.07, 6.45) is 0.305. The van der Waals surface area contributed by atoms with Crippen LogP contribution in [-0.2, 0) is 17.0 Å². The van der Waals surface area contributed by atoms with Crippen molar-refractivity contribution < 1.29 is 14.0 Å². The molecule has 3 N–H and O–H groups in total. The number of rotatable bonds is 9. The van der Waals surface area contributed by atoms with Crippen LogP contribution in [0, 0.1) is 25.6 Å². The average molecular weight is 493 g/mol. The molecule has 0 saturated heterocycles. The van der Waals surface area contributed by atoms with Crippen molar-refractivity contribution in [2.75, 3.05) is 6.54 Å². The molecule has 0 spiro atoms. The molecule has 1 unspecified atom stereocenters. The zero-order valence-corrected chi connectivity index (χ0v) is 20.2. The lowest BCUT2D eigenvalue weighted by atomic mass is 9.98. The fourth-order valence-electron chi connectivity index (χ4n) is 3.71. The number of carbonyl (C=O) groups excluding carboxylic acids is 2. The summed E-state index contributed by atoms with van der Waals surface area (Å²) >= 11 is 1.41. The van der Waals surface area contributed by atoms with Crippen LogP contribution in [0.1, 0.15) is 32.9 Å². The molecule has 0 bridgehead atoms. The summed E-state index contributed by atoms with van der Waals surface area (Å²) in [5.41, 5.74) is 9.43. The van der Waals surface area contributed by atoms with Gasteiger partial charge in [0.2, 0.25) is 11.1 Å². The Kier molecular flexibility index (Phi) is 7.40. The molecule has 180 valence electrons. The second-order valence-corrected chi connectivity index (χ2v) is 9.17. The molecular weight excluding hydrogens is 467 g/mol. The number of amides is 2. The quantitative estimate of drug-likeness (QED) is 0.347. The third-order valence-corrected chi connectivity index (χ3v) is 6.41. The van der Waals surface area contributed by atoms with Crippen molar-refractivity contribution in [2.45, 2.75) is 31.2 Å². The molecular formula is C25H25FN6O2S. The largest absolute Gasteiger partial charge is 0.369 e. The van der Waals surface area contributed by atoms with Crippen LogP contribution < -0.4 is 11.1 Å². The smallest absolute Gasteiger partial charge is 0.253 e. The minimum atomic E-state index is -0.618. The first-order valence-corrected chi connectivity index (χ1v) is 12.0. The first-order valence-electron chi connectivity index (χ1n) is 11.0. The Balaban J connectivity index is 1.42. The second kappa shape index (κ2) is 10.6. The minimum Gasteiger partial charge on any atom is -0.369 e. The molecule has 0 aliphatic heterocycles. The summed E-state index contributed by atoms with van der Waals surface area (Å²) in [6, 6.07) is 15.0. The Labute approximate surface area is 206 Å². The average Bonchev–Trinajstić information content (AvgIpc) is 3.24. The number of nitrogens with two attached hydrogens (primary N) is 1. The Bertz CT molecular complexity index is 1370. The number of fused-ring (bicyclic) bond motifs is 1. The zero-order chi connectivity index (χ0) is 24.9. The molecule has 4 rings (SSSR count). The van der Waals surface area contributed by atoms with Gasteiger partial charge in [0.25, 0.3) is 11.7 Å². The number of nitrogens with one attached hydrogen (secondary N) is 1. The molecule has 35 heavy (non-hydrogen) atoms. The summed E-state index contributed by atoms with van der Waals surface area (Å²) < 4.78 is 14.9. The van der Waals surface area contributed by atoms with Crippen molar-refractivity contribution in [3.8, 4) is 0 Å². The lowest BCUT2D eigenvalue weighted by molar-refractivity contribution is -0.121. The molecule has 1 atom stereocenters. The molecule has 0 aliphatic carbocycles. The van der Waals surface area contributed by atoms with Crippen LogP contribution in [0.5, 0.6) is 0 Å². The molecule has 0 saturated carbocycles. The Morgan fingerprint density at radius 3 is 2.60 bits per heavy atom. The van der Waals surface area contributed by atoms with E-state index >= 15 is 0 Å². The van der Waals surface area contributed by atoms with Gasteiger partial charge in [0, 0.05) is 29.2 Å². The predicted octanol–water partition coefficient (Wildman–Crippen LogP) is 3.25. The number of aromatic nitrogens is 4. The van der Waals surface area contributed by atoms with E-state index in [9.17, 15) is 14.0 Å². The highest BCUT2D eigenvalue weighted by atomic mass is 32.2. The predicted molar refractivity (Wildman–Crippen MR) is 131 cm³/mol. The van der Waals surface area contributed by atoms with Crippen molar-refractivity contribution in [1.29, 1.82) is 0 Å². The van der Waals surface area contributed by atoms with E-state index in [0.717, 1.165) is 22.5 Å². The SMILES string of the molecule is Cc1cc(C)n2nc(SCc3ccccc3C(=O)NCC(Cc3ccc(F)cc3)C(N)=O)nc2n1.